The molecule has 0 saturated heterocycles. The summed E-state index contributed by atoms with van der Waals surface area (Å²) in [5, 5.41) is 21.7. The van der Waals surface area contributed by atoms with E-state index in [4.69, 9.17) is 4.74 Å². The lowest BCUT2D eigenvalue weighted by Crippen LogP contribution is -2.31. The molecule has 0 heterocycles. The molecule has 0 radical (unpaired) electrons. The van der Waals surface area contributed by atoms with Gasteiger partial charge in [-0.1, -0.05) is 6.07 Å². The Bertz CT molecular complexity index is 628. The first kappa shape index (κ1) is 24.1. The molecule has 0 aliphatic heterocycles. The number of rotatable bonds is 12. The molecule has 1 unspecified atom stereocenters. The zero-order valence-corrected chi connectivity index (χ0v) is 17.4. The van der Waals surface area contributed by atoms with E-state index in [0.717, 1.165) is 23.0 Å². The third kappa shape index (κ3) is 8.41. The molecule has 28 heavy (non-hydrogen) atoms. The van der Waals surface area contributed by atoms with Crippen LogP contribution >= 0.6 is 0 Å². The summed E-state index contributed by atoms with van der Waals surface area (Å²) in [4.78, 5) is 25.0. The SMILES string of the molecule is Cc1ccc(N(CCO)CCO)cc1C(CNBC=O)CC(=O)OC(C)(C)C. The highest BCUT2D eigenvalue weighted by atomic mass is 16.6. The number of nitrogens with one attached hydrogen (secondary N) is 1. The van der Waals surface area contributed by atoms with Gasteiger partial charge in [0.05, 0.1) is 25.8 Å². The number of esters is 1. The number of ether oxygens (including phenoxy) is 1. The van der Waals surface area contributed by atoms with Gasteiger partial charge < -0.3 is 29.9 Å². The van der Waals surface area contributed by atoms with Crippen molar-refractivity contribution >= 4 is 25.3 Å². The highest BCUT2D eigenvalue weighted by Crippen LogP contribution is 2.28. The predicted octanol–water partition coefficient (Wildman–Crippen LogP) is 0.733. The Labute approximate surface area is 168 Å². The maximum atomic E-state index is 12.4. The fourth-order valence-corrected chi connectivity index (χ4v) is 3.07. The number of carbonyl (C=O) groups excluding carboxylic acids is 2. The average Bonchev–Trinajstić information content (AvgIpc) is 2.60. The van der Waals surface area contributed by atoms with Crippen LogP contribution in [0.1, 0.15) is 44.2 Å². The largest absolute Gasteiger partial charge is 0.460 e. The molecule has 0 aliphatic rings. The number of aliphatic hydroxyl groups excluding tert-OH is 2. The maximum Gasteiger partial charge on any atom is 0.306 e. The standard InChI is InChI=1S/C20H33BN2O5/c1-15-5-6-17(23(7-9-24)8-10-25)12-18(15)16(13-22-21-14-26)11-19(27)28-20(2,3)4/h5-6,12,14,16,21-22,24-25H,7-11,13H2,1-4H3. The molecule has 1 aromatic carbocycles. The zero-order valence-electron chi connectivity index (χ0n) is 17.4. The second-order valence-corrected chi connectivity index (χ2v) is 7.79. The summed E-state index contributed by atoms with van der Waals surface area (Å²) >= 11 is 0. The lowest BCUT2D eigenvalue weighted by molar-refractivity contribution is -0.155. The quantitative estimate of drug-likeness (QED) is 0.209. The monoisotopic (exact) mass is 392 g/mol. The summed E-state index contributed by atoms with van der Waals surface area (Å²) in [5.74, 6) is -0.461. The smallest absolute Gasteiger partial charge is 0.306 e. The Balaban J connectivity index is 3.13. The third-order valence-corrected chi connectivity index (χ3v) is 4.26. The third-order valence-electron chi connectivity index (χ3n) is 4.26. The Hall–Kier alpha value is -1.90. The molecule has 7 nitrogen and oxygen atoms in total. The van der Waals surface area contributed by atoms with E-state index in [-0.39, 0.29) is 38.9 Å². The highest BCUT2D eigenvalue weighted by molar-refractivity contribution is 6.64. The van der Waals surface area contributed by atoms with Crippen LogP contribution in [-0.4, -0.2) is 68.2 Å². The molecule has 0 aromatic heterocycles. The van der Waals surface area contributed by atoms with Crippen molar-refractivity contribution in [1.82, 2.24) is 5.23 Å². The van der Waals surface area contributed by atoms with Crippen LogP contribution in [0.15, 0.2) is 18.2 Å². The van der Waals surface area contributed by atoms with Crippen LogP contribution in [0.3, 0.4) is 0 Å². The van der Waals surface area contributed by atoms with Crippen LogP contribution in [0.4, 0.5) is 5.69 Å². The molecule has 3 N–H and O–H groups in total. The van der Waals surface area contributed by atoms with Crippen molar-refractivity contribution in [2.75, 3.05) is 37.7 Å². The van der Waals surface area contributed by atoms with E-state index in [9.17, 15) is 19.8 Å². The average molecular weight is 392 g/mol. The van der Waals surface area contributed by atoms with Crippen LogP contribution in [0.2, 0.25) is 0 Å². The fraction of sp³-hybridized carbons (Fsp3) is 0.600. The van der Waals surface area contributed by atoms with Crippen LogP contribution in [-0.2, 0) is 14.3 Å². The van der Waals surface area contributed by atoms with Gasteiger partial charge >= 0.3 is 5.97 Å². The van der Waals surface area contributed by atoms with Crippen molar-refractivity contribution in [2.45, 2.75) is 45.6 Å². The van der Waals surface area contributed by atoms with Gasteiger partial charge in [-0.05, 0) is 57.5 Å². The Kier molecular flexibility index (Phi) is 10.2. The van der Waals surface area contributed by atoms with E-state index < -0.39 is 5.60 Å². The van der Waals surface area contributed by atoms with Crippen molar-refractivity contribution in [2.24, 2.45) is 0 Å². The van der Waals surface area contributed by atoms with Crippen LogP contribution in [0.5, 0.6) is 0 Å². The number of aliphatic hydroxyl groups is 2. The Morgan fingerprint density at radius 3 is 2.46 bits per heavy atom. The van der Waals surface area contributed by atoms with Gasteiger partial charge in [-0.25, -0.2) is 0 Å². The van der Waals surface area contributed by atoms with Gasteiger partial charge in [0.25, 0.3) is 7.41 Å². The highest BCUT2D eigenvalue weighted by Gasteiger charge is 2.23. The van der Waals surface area contributed by atoms with Gasteiger partial charge in [0.2, 0.25) is 0 Å². The topological polar surface area (TPSA) is 99.1 Å². The van der Waals surface area contributed by atoms with E-state index >= 15 is 0 Å². The molecule has 1 atom stereocenters. The number of hydrogen-bond donors (Lipinski definition) is 3. The number of anilines is 1. The van der Waals surface area contributed by atoms with Crippen molar-refractivity contribution in [3.63, 3.8) is 0 Å². The number of aryl methyl sites for hydroxylation is 1. The van der Waals surface area contributed by atoms with Crippen LogP contribution < -0.4 is 10.1 Å². The summed E-state index contributed by atoms with van der Waals surface area (Å²) in [5.41, 5.74) is 2.31. The minimum Gasteiger partial charge on any atom is -0.460 e. The minimum atomic E-state index is -0.562. The molecular formula is C20H33BN2O5. The molecule has 156 valence electrons. The van der Waals surface area contributed by atoms with Crippen molar-refractivity contribution in [3.8, 4) is 0 Å². The zero-order chi connectivity index (χ0) is 21.2. The lowest BCUT2D eigenvalue weighted by atomic mass is 9.88. The van der Waals surface area contributed by atoms with E-state index in [1.807, 2.05) is 50.8 Å². The van der Waals surface area contributed by atoms with E-state index in [2.05, 4.69) is 5.23 Å². The van der Waals surface area contributed by atoms with Crippen LogP contribution in [0, 0.1) is 6.92 Å². The molecule has 0 amide bonds. The summed E-state index contributed by atoms with van der Waals surface area (Å²) in [6, 6.07) is 5.89. The Morgan fingerprint density at radius 2 is 1.93 bits per heavy atom. The number of nitrogens with zero attached hydrogens (tertiary/aromatic N) is 1. The minimum absolute atomic E-state index is 0.0224. The molecule has 1 aromatic rings. The first-order valence-corrected chi connectivity index (χ1v) is 9.65. The molecular weight excluding hydrogens is 359 g/mol. The van der Waals surface area contributed by atoms with Gasteiger partial charge in [-0.15, -0.1) is 0 Å². The van der Waals surface area contributed by atoms with Gasteiger partial charge in [0, 0.05) is 24.7 Å². The number of hydrogen-bond acceptors (Lipinski definition) is 7. The summed E-state index contributed by atoms with van der Waals surface area (Å²) < 4.78 is 5.48. The number of carbonyl (C=O) groups is 2. The lowest BCUT2D eigenvalue weighted by Gasteiger charge is -2.27. The second kappa shape index (κ2) is 11.8. The molecule has 0 fully saturated rings. The second-order valence-electron chi connectivity index (χ2n) is 7.79. The summed E-state index contributed by atoms with van der Waals surface area (Å²) in [6.45, 7) is 8.70. The van der Waals surface area contributed by atoms with Gasteiger partial charge in [0.1, 0.15) is 5.60 Å². The normalized spacial score (nSPS) is 12.4. The van der Waals surface area contributed by atoms with Gasteiger partial charge in [0.15, 0.2) is 0 Å². The van der Waals surface area contributed by atoms with Crippen molar-refractivity contribution < 1.29 is 24.5 Å². The van der Waals surface area contributed by atoms with Gasteiger partial charge in [-0.2, -0.15) is 0 Å². The fourth-order valence-electron chi connectivity index (χ4n) is 3.07. The molecule has 0 spiro atoms. The van der Waals surface area contributed by atoms with Crippen molar-refractivity contribution in [3.05, 3.63) is 29.3 Å². The van der Waals surface area contributed by atoms with E-state index in [1.54, 1.807) is 0 Å². The molecule has 8 heteroatoms. The summed E-state index contributed by atoms with van der Waals surface area (Å²) in [6.07, 6.45) is 0.978. The molecule has 0 saturated carbocycles. The van der Waals surface area contributed by atoms with E-state index in [1.165, 1.54) is 0 Å². The maximum absolute atomic E-state index is 12.4. The molecule has 1 rings (SSSR count). The number of benzene rings is 1. The van der Waals surface area contributed by atoms with E-state index in [0.29, 0.717) is 19.6 Å². The Morgan fingerprint density at radius 1 is 1.29 bits per heavy atom. The van der Waals surface area contributed by atoms with Gasteiger partial charge in [-0.3, -0.25) is 4.79 Å². The first-order valence-electron chi connectivity index (χ1n) is 9.65. The first-order chi connectivity index (χ1) is 13.2. The molecule has 0 bridgehead atoms. The summed E-state index contributed by atoms with van der Waals surface area (Å²) in [7, 11) is 0.213. The van der Waals surface area contributed by atoms with Crippen molar-refractivity contribution in [1.29, 1.82) is 0 Å². The predicted molar refractivity (Wildman–Crippen MR) is 113 cm³/mol. The van der Waals surface area contributed by atoms with Crippen LogP contribution in [0.25, 0.3) is 0 Å². The molecule has 0 aliphatic carbocycles.